The summed E-state index contributed by atoms with van der Waals surface area (Å²) < 4.78 is 36.4. The van der Waals surface area contributed by atoms with Crippen LogP contribution in [-0.4, -0.2) is 16.3 Å². The first-order valence-corrected chi connectivity index (χ1v) is 3.50. The van der Waals surface area contributed by atoms with Crippen LogP contribution in [0.15, 0.2) is 24.3 Å². The monoisotopic (exact) mass is 172 g/mol. The van der Waals surface area contributed by atoms with Gasteiger partial charge in [0.25, 0.3) is 0 Å². The fourth-order valence-corrected chi connectivity index (χ4v) is 1.01. The van der Waals surface area contributed by atoms with Crippen molar-refractivity contribution in [3.8, 4) is 0 Å². The Bertz CT molecular complexity index is 254. The Morgan fingerprint density at radius 1 is 1.18 bits per heavy atom. The molecular formula is C7H4AlF3+2. The molecule has 0 bridgehead atoms. The zero-order valence-electron chi connectivity index (χ0n) is 5.52. The molecule has 4 heteroatoms. The van der Waals surface area contributed by atoms with Crippen LogP contribution in [0.25, 0.3) is 0 Å². The van der Waals surface area contributed by atoms with E-state index in [9.17, 15) is 13.2 Å². The molecule has 0 aliphatic heterocycles. The molecule has 0 N–H and O–H groups in total. The Kier molecular flexibility index (Phi) is 2.26. The van der Waals surface area contributed by atoms with Gasteiger partial charge in [-0.1, -0.05) is 0 Å². The third-order valence-electron chi connectivity index (χ3n) is 1.21. The van der Waals surface area contributed by atoms with Crippen molar-refractivity contribution in [3.63, 3.8) is 0 Å². The molecule has 0 aliphatic rings. The number of rotatable bonds is 0. The maximum absolute atomic E-state index is 12.0. The van der Waals surface area contributed by atoms with E-state index in [1.807, 2.05) is 0 Å². The van der Waals surface area contributed by atoms with E-state index in [0.29, 0.717) is 4.43 Å². The zero-order valence-corrected chi connectivity index (χ0v) is 6.68. The van der Waals surface area contributed by atoms with Crippen molar-refractivity contribution in [2.45, 2.75) is 6.18 Å². The molecule has 54 valence electrons. The Hall–Kier alpha value is -0.458. The summed E-state index contributed by atoms with van der Waals surface area (Å²) in [4.78, 5) is 0. The van der Waals surface area contributed by atoms with E-state index in [1.165, 1.54) is 6.07 Å². The molecule has 0 radical (unpaired) electrons. The van der Waals surface area contributed by atoms with Crippen LogP contribution < -0.4 is 4.43 Å². The Balaban J connectivity index is 3.06. The van der Waals surface area contributed by atoms with Gasteiger partial charge in [-0.05, 0) is 0 Å². The van der Waals surface area contributed by atoms with Crippen molar-refractivity contribution >= 4 is 20.7 Å². The predicted molar refractivity (Wildman–Crippen MR) is 36.8 cm³/mol. The van der Waals surface area contributed by atoms with Gasteiger partial charge < -0.3 is 0 Å². The topological polar surface area (TPSA) is 0 Å². The fourth-order valence-electron chi connectivity index (χ4n) is 0.715. The van der Waals surface area contributed by atoms with Crippen molar-refractivity contribution in [1.29, 1.82) is 0 Å². The number of alkyl halides is 3. The van der Waals surface area contributed by atoms with Crippen LogP contribution >= 0.6 is 0 Å². The second-order valence-corrected chi connectivity index (χ2v) is 2.79. The molecule has 0 spiro atoms. The Labute approximate surface area is 70.5 Å². The summed E-state index contributed by atoms with van der Waals surface area (Å²) in [6, 6.07) is 5.11. The summed E-state index contributed by atoms with van der Waals surface area (Å²) in [5.74, 6) is 0. The molecule has 0 saturated carbocycles. The van der Waals surface area contributed by atoms with Crippen LogP contribution in [0.1, 0.15) is 5.56 Å². The number of halogens is 3. The van der Waals surface area contributed by atoms with Gasteiger partial charge in [-0.25, -0.2) is 0 Å². The second-order valence-electron chi connectivity index (χ2n) is 2.12. The van der Waals surface area contributed by atoms with Gasteiger partial charge in [-0.2, -0.15) is 0 Å². The summed E-state index contributed by atoms with van der Waals surface area (Å²) >= 11 is 2.22. The Morgan fingerprint density at radius 3 is 2.18 bits per heavy atom. The zero-order chi connectivity index (χ0) is 8.48. The fraction of sp³-hybridized carbons (Fsp3) is 0.143. The van der Waals surface area contributed by atoms with Crippen molar-refractivity contribution < 1.29 is 13.2 Å². The van der Waals surface area contributed by atoms with Crippen LogP contribution in [0, 0.1) is 0 Å². The molecule has 0 nitrogen and oxygen atoms in total. The number of hydrogen-bond donors (Lipinski definition) is 0. The van der Waals surface area contributed by atoms with Crippen molar-refractivity contribution in [1.82, 2.24) is 0 Å². The third kappa shape index (κ3) is 2.25. The average molecular weight is 172 g/mol. The third-order valence-corrected chi connectivity index (χ3v) is 1.57. The molecule has 0 amide bonds. The van der Waals surface area contributed by atoms with E-state index in [0.717, 1.165) is 12.1 Å². The van der Waals surface area contributed by atoms with Crippen LogP contribution in [0.3, 0.4) is 0 Å². The molecule has 0 fully saturated rings. The van der Waals surface area contributed by atoms with Crippen LogP contribution in [0.5, 0.6) is 0 Å². The summed E-state index contributed by atoms with van der Waals surface area (Å²) in [6.07, 6.45) is -4.23. The SMILES string of the molecule is FC(F)(F)c1ccc[c]([Al+2])c1. The molecule has 1 rings (SSSR count). The predicted octanol–water partition coefficient (Wildman–Crippen LogP) is 1.50. The van der Waals surface area contributed by atoms with Crippen molar-refractivity contribution in [2.75, 3.05) is 0 Å². The van der Waals surface area contributed by atoms with E-state index in [2.05, 4.69) is 16.3 Å². The van der Waals surface area contributed by atoms with E-state index >= 15 is 0 Å². The van der Waals surface area contributed by atoms with Gasteiger partial charge in [0, 0.05) is 0 Å². The van der Waals surface area contributed by atoms with Gasteiger partial charge in [0.15, 0.2) is 0 Å². The number of benzene rings is 1. The normalized spacial score (nSPS) is 11.7. The summed E-state index contributed by atoms with van der Waals surface area (Å²) in [5.41, 5.74) is -0.606. The first kappa shape index (κ1) is 8.64. The van der Waals surface area contributed by atoms with Gasteiger partial charge in [-0.3, -0.25) is 0 Å². The second kappa shape index (κ2) is 2.88. The maximum atomic E-state index is 12.0. The molecular weight excluding hydrogens is 168 g/mol. The van der Waals surface area contributed by atoms with Gasteiger partial charge in [-0.15, -0.1) is 0 Å². The molecule has 0 saturated heterocycles. The van der Waals surface area contributed by atoms with Crippen LogP contribution in [0.2, 0.25) is 0 Å². The quantitative estimate of drug-likeness (QED) is 0.520. The molecule has 11 heavy (non-hydrogen) atoms. The van der Waals surface area contributed by atoms with Crippen molar-refractivity contribution in [2.24, 2.45) is 0 Å². The molecule has 1 aromatic rings. The summed E-state index contributed by atoms with van der Waals surface area (Å²) in [7, 11) is 0. The van der Waals surface area contributed by atoms with Gasteiger partial charge >= 0.3 is 69.9 Å². The van der Waals surface area contributed by atoms with Crippen LogP contribution in [-0.2, 0) is 6.18 Å². The van der Waals surface area contributed by atoms with Gasteiger partial charge in [0.05, 0.1) is 0 Å². The Morgan fingerprint density at radius 2 is 1.82 bits per heavy atom. The molecule has 0 aromatic heterocycles. The number of hydrogen-bond acceptors (Lipinski definition) is 0. The van der Waals surface area contributed by atoms with Crippen molar-refractivity contribution in [3.05, 3.63) is 29.8 Å². The van der Waals surface area contributed by atoms with E-state index in [4.69, 9.17) is 0 Å². The van der Waals surface area contributed by atoms with Gasteiger partial charge in [0.1, 0.15) is 0 Å². The van der Waals surface area contributed by atoms with Crippen LogP contribution in [0.4, 0.5) is 13.2 Å². The minimum atomic E-state index is -4.23. The molecule has 0 heterocycles. The molecule has 0 atom stereocenters. The standard InChI is InChI=1S/C7H4F3.Al/c8-7(9,10)6-4-2-1-3-5-6;/h1-2,4-5H;/q;+2. The molecule has 1 aromatic carbocycles. The molecule has 0 unspecified atom stereocenters. The van der Waals surface area contributed by atoms with Gasteiger partial charge in [0.2, 0.25) is 0 Å². The molecule has 0 aliphatic carbocycles. The minimum absolute atomic E-state index is 0.542. The average Bonchev–Trinajstić information content (AvgIpc) is 1.86. The summed E-state index contributed by atoms with van der Waals surface area (Å²) in [6.45, 7) is 0. The van der Waals surface area contributed by atoms with E-state index in [-0.39, 0.29) is 0 Å². The summed E-state index contributed by atoms with van der Waals surface area (Å²) in [5, 5.41) is 0. The van der Waals surface area contributed by atoms with E-state index < -0.39 is 11.7 Å². The first-order chi connectivity index (χ1) is 5.00. The first-order valence-electron chi connectivity index (χ1n) is 2.93. The van der Waals surface area contributed by atoms with E-state index in [1.54, 1.807) is 6.07 Å².